The first-order valence-electron chi connectivity index (χ1n) is 10.2. The third kappa shape index (κ3) is 6.05. The van der Waals surface area contributed by atoms with Crippen LogP contribution in [0.25, 0.3) is 0 Å². The van der Waals surface area contributed by atoms with Crippen molar-refractivity contribution in [2.75, 3.05) is 50.9 Å². The van der Waals surface area contributed by atoms with Crippen molar-refractivity contribution in [1.82, 2.24) is 15.5 Å². The first-order valence-corrected chi connectivity index (χ1v) is 12.1. The summed E-state index contributed by atoms with van der Waals surface area (Å²) >= 11 is 0. The van der Waals surface area contributed by atoms with Crippen LogP contribution in [-0.2, 0) is 24.1 Å². The molecule has 9 nitrogen and oxygen atoms in total. The smallest absolute Gasteiger partial charge is 0.222 e. The zero-order valence-electron chi connectivity index (χ0n) is 16.6. The molecule has 3 rings (SSSR count). The molecule has 3 atom stereocenters. The fraction of sp³-hybridized carbons (Fsp3) is 0.889. The summed E-state index contributed by atoms with van der Waals surface area (Å²) in [7, 11) is -2.99. The van der Waals surface area contributed by atoms with Crippen LogP contribution in [-0.4, -0.2) is 94.3 Å². The molecule has 1 amide bonds. The van der Waals surface area contributed by atoms with E-state index in [1.165, 1.54) is 0 Å². The van der Waals surface area contributed by atoms with E-state index in [1.54, 1.807) is 0 Å². The molecule has 0 aliphatic carbocycles. The van der Waals surface area contributed by atoms with Crippen LogP contribution in [0.2, 0.25) is 0 Å². The lowest BCUT2D eigenvalue weighted by Gasteiger charge is -2.37. The minimum atomic E-state index is -2.99. The molecule has 3 aliphatic rings. The minimum Gasteiger partial charge on any atom is -0.375 e. The molecule has 3 fully saturated rings. The molecule has 0 aromatic heterocycles. The number of carbonyl (C=O) groups excluding carboxylic acids is 1. The Morgan fingerprint density at radius 3 is 2.71 bits per heavy atom. The van der Waals surface area contributed by atoms with Gasteiger partial charge in [-0.05, 0) is 26.2 Å². The summed E-state index contributed by atoms with van der Waals surface area (Å²) in [6, 6.07) is -0.263. The molecular formula is C18H32N4O5S. The van der Waals surface area contributed by atoms with E-state index in [0.29, 0.717) is 19.6 Å². The van der Waals surface area contributed by atoms with Gasteiger partial charge in [-0.15, -0.1) is 0 Å². The van der Waals surface area contributed by atoms with E-state index in [4.69, 9.17) is 9.47 Å². The number of ether oxygens (including phenoxy) is 2. The van der Waals surface area contributed by atoms with E-state index >= 15 is 0 Å². The van der Waals surface area contributed by atoms with E-state index in [1.807, 2.05) is 6.92 Å². The number of aliphatic imine (C=N–C) groups is 1. The van der Waals surface area contributed by atoms with Crippen LogP contribution in [0.3, 0.4) is 0 Å². The molecule has 10 heteroatoms. The van der Waals surface area contributed by atoms with Crippen molar-refractivity contribution in [3.8, 4) is 0 Å². The van der Waals surface area contributed by atoms with Gasteiger partial charge in [0.05, 0.1) is 30.8 Å². The molecule has 2 N–H and O–H groups in total. The molecular weight excluding hydrogens is 384 g/mol. The Morgan fingerprint density at radius 2 is 2.04 bits per heavy atom. The number of hydrogen-bond donors (Lipinski definition) is 2. The second kappa shape index (κ2) is 9.89. The van der Waals surface area contributed by atoms with Gasteiger partial charge in [0, 0.05) is 38.7 Å². The molecule has 0 bridgehead atoms. The van der Waals surface area contributed by atoms with E-state index in [2.05, 4.69) is 20.5 Å². The van der Waals surface area contributed by atoms with Crippen LogP contribution in [0.4, 0.5) is 0 Å². The number of amides is 1. The molecule has 0 saturated carbocycles. The summed E-state index contributed by atoms with van der Waals surface area (Å²) in [6.07, 6.45) is 3.05. The lowest BCUT2D eigenvalue weighted by atomic mass is 10.1. The van der Waals surface area contributed by atoms with Crippen molar-refractivity contribution in [1.29, 1.82) is 0 Å². The molecule has 0 spiro atoms. The molecule has 0 radical (unpaired) electrons. The number of nitrogens with one attached hydrogen (secondary N) is 2. The summed E-state index contributed by atoms with van der Waals surface area (Å²) in [5.41, 5.74) is 0. The van der Waals surface area contributed by atoms with Gasteiger partial charge in [0.15, 0.2) is 15.8 Å². The lowest BCUT2D eigenvalue weighted by Crippen LogP contribution is -2.53. The Bertz CT molecular complexity index is 663. The first kappa shape index (κ1) is 21.3. The van der Waals surface area contributed by atoms with Gasteiger partial charge < -0.3 is 25.0 Å². The van der Waals surface area contributed by atoms with E-state index in [0.717, 1.165) is 45.0 Å². The van der Waals surface area contributed by atoms with Gasteiger partial charge in [0.1, 0.15) is 6.10 Å². The number of rotatable bonds is 6. The monoisotopic (exact) mass is 416 g/mol. The van der Waals surface area contributed by atoms with E-state index in [9.17, 15) is 13.2 Å². The van der Waals surface area contributed by atoms with Crippen molar-refractivity contribution >= 4 is 21.7 Å². The highest BCUT2D eigenvalue weighted by atomic mass is 32.2. The third-order valence-electron chi connectivity index (χ3n) is 5.31. The highest BCUT2D eigenvalue weighted by molar-refractivity contribution is 7.91. The first-order chi connectivity index (χ1) is 13.5. The summed E-state index contributed by atoms with van der Waals surface area (Å²) in [6.45, 7) is 6.02. The minimum absolute atomic E-state index is 0.0447. The van der Waals surface area contributed by atoms with E-state index < -0.39 is 9.84 Å². The summed E-state index contributed by atoms with van der Waals surface area (Å²) < 4.78 is 34.6. The number of sulfone groups is 1. The fourth-order valence-corrected chi connectivity index (χ4v) is 5.56. The van der Waals surface area contributed by atoms with Crippen molar-refractivity contribution in [3.05, 3.63) is 0 Å². The van der Waals surface area contributed by atoms with Crippen LogP contribution < -0.4 is 10.6 Å². The van der Waals surface area contributed by atoms with Gasteiger partial charge in [0.2, 0.25) is 5.91 Å². The van der Waals surface area contributed by atoms with Crippen LogP contribution in [0.15, 0.2) is 4.99 Å². The van der Waals surface area contributed by atoms with Crippen LogP contribution in [0.1, 0.15) is 32.6 Å². The quantitative estimate of drug-likeness (QED) is 0.445. The number of hydrogen-bond acceptors (Lipinski definition) is 6. The van der Waals surface area contributed by atoms with E-state index in [-0.39, 0.29) is 42.1 Å². The standard InChI is InChI=1S/C18H32N4O5S/c1-2-19-18(22-8-10-27-16(12-22)15-4-3-9-26-15)20-7-5-17(23)21-14-6-11-28(24,25)13-14/h14-16H,2-13H2,1H3,(H,19,20)(H,21,23). The molecule has 3 unspecified atom stereocenters. The molecule has 3 saturated heterocycles. The van der Waals surface area contributed by atoms with Crippen molar-refractivity contribution in [2.45, 2.75) is 50.9 Å². The van der Waals surface area contributed by atoms with Gasteiger partial charge in [-0.1, -0.05) is 0 Å². The average Bonchev–Trinajstić information content (AvgIpc) is 3.31. The Hall–Kier alpha value is -1.39. The largest absolute Gasteiger partial charge is 0.375 e. The maximum Gasteiger partial charge on any atom is 0.222 e. The van der Waals surface area contributed by atoms with Gasteiger partial charge in [0.25, 0.3) is 0 Å². The van der Waals surface area contributed by atoms with Gasteiger partial charge in [-0.2, -0.15) is 0 Å². The van der Waals surface area contributed by atoms with Gasteiger partial charge in [-0.3, -0.25) is 9.79 Å². The molecule has 3 aliphatic heterocycles. The Kier molecular flexibility index (Phi) is 7.53. The maximum absolute atomic E-state index is 12.1. The van der Waals surface area contributed by atoms with Crippen molar-refractivity contribution < 1.29 is 22.7 Å². The second-order valence-corrected chi connectivity index (χ2v) is 9.79. The predicted molar refractivity (Wildman–Crippen MR) is 106 cm³/mol. The average molecular weight is 417 g/mol. The number of morpholine rings is 1. The summed E-state index contributed by atoms with van der Waals surface area (Å²) in [4.78, 5) is 18.9. The zero-order chi connectivity index (χ0) is 20.0. The summed E-state index contributed by atoms with van der Waals surface area (Å²) in [5, 5.41) is 6.10. The summed E-state index contributed by atoms with van der Waals surface area (Å²) in [5.74, 6) is 0.832. The molecule has 160 valence electrons. The predicted octanol–water partition coefficient (Wildman–Crippen LogP) is -0.475. The fourth-order valence-electron chi connectivity index (χ4n) is 3.89. The molecule has 28 heavy (non-hydrogen) atoms. The normalized spacial score (nSPS) is 30.4. The van der Waals surface area contributed by atoms with Crippen molar-refractivity contribution in [2.24, 2.45) is 4.99 Å². The maximum atomic E-state index is 12.1. The number of guanidine groups is 1. The Morgan fingerprint density at radius 1 is 1.21 bits per heavy atom. The zero-order valence-corrected chi connectivity index (χ0v) is 17.4. The van der Waals surface area contributed by atoms with Gasteiger partial charge >= 0.3 is 0 Å². The second-order valence-electron chi connectivity index (χ2n) is 7.56. The molecule has 3 heterocycles. The molecule has 0 aromatic rings. The Balaban J connectivity index is 1.48. The van der Waals surface area contributed by atoms with Crippen molar-refractivity contribution in [3.63, 3.8) is 0 Å². The third-order valence-corrected chi connectivity index (χ3v) is 7.07. The van der Waals surface area contributed by atoms with Crippen LogP contribution in [0.5, 0.6) is 0 Å². The van der Waals surface area contributed by atoms with Gasteiger partial charge in [-0.25, -0.2) is 8.42 Å². The SMILES string of the molecule is CCNC(=NCCC(=O)NC1CCS(=O)(=O)C1)N1CCOC(C2CCCO2)C1. The Labute approximate surface area is 167 Å². The highest BCUT2D eigenvalue weighted by Crippen LogP contribution is 2.21. The van der Waals surface area contributed by atoms with Crippen LogP contribution in [0, 0.1) is 0 Å². The van der Waals surface area contributed by atoms with Crippen LogP contribution >= 0.6 is 0 Å². The highest BCUT2D eigenvalue weighted by Gasteiger charge is 2.32. The topological polar surface area (TPSA) is 109 Å². The lowest BCUT2D eigenvalue weighted by molar-refractivity contribution is -0.121. The number of nitrogens with zero attached hydrogens (tertiary/aromatic N) is 2. The number of carbonyl (C=O) groups is 1. The molecule has 0 aromatic carbocycles.